The van der Waals surface area contributed by atoms with Crippen LogP contribution in [-0.2, 0) is 9.47 Å². The minimum Gasteiger partial charge on any atom is -0.459 e. The van der Waals surface area contributed by atoms with Crippen molar-refractivity contribution in [3.63, 3.8) is 0 Å². The molecule has 0 aliphatic carbocycles. The van der Waals surface area contributed by atoms with Crippen LogP contribution in [0.1, 0.15) is 75.2 Å². The number of esters is 1. The van der Waals surface area contributed by atoms with Gasteiger partial charge < -0.3 is 14.0 Å². The lowest BCUT2D eigenvalue weighted by Gasteiger charge is -2.40. The topological polar surface area (TPSA) is 60.8 Å². The van der Waals surface area contributed by atoms with E-state index in [0.717, 1.165) is 56.2 Å². The van der Waals surface area contributed by atoms with Crippen LogP contribution in [0.4, 0.5) is 0 Å². The number of pyridine rings is 1. The second-order valence-electron chi connectivity index (χ2n) is 9.95. The molecule has 0 saturated carbocycles. The molecule has 0 amide bonds. The Hall–Kier alpha value is -2.18. The molecular formula is C26H34N2O4. The second kappa shape index (κ2) is 8.99. The number of carbonyl (C=O) groups excluding carboxylic acids is 1. The van der Waals surface area contributed by atoms with Gasteiger partial charge in [0.05, 0.1) is 11.6 Å². The highest BCUT2D eigenvalue weighted by atomic mass is 16.5. The highest BCUT2D eigenvalue weighted by molar-refractivity contribution is 5.94. The number of para-hydroxylation sites is 1. The Labute approximate surface area is 189 Å². The van der Waals surface area contributed by atoms with Crippen LogP contribution in [0.2, 0.25) is 0 Å². The van der Waals surface area contributed by atoms with E-state index in [2.05, 4.69) is 4.90 Å². The summed E-state index contributed by atoms with van der Waals surface area (Å²) in [6, 6.07) is 10.3. The fourth-order valence-corrected chi connectivity index (χ4v) is 5.96. The summed E-state index contributed by atoms with van der Waals surface area (Å²) in [4.78, 5) is 28.9. The highest BCUT2D eigenvalue weighted by Gasteiger charge is 2.43. The number of fused-ring (bicyclic) bond motifs is 3. The summed E-state index contributed by atoms with van der Waals surface area (Å²) >= 11 is 0. The Bertz CT molecular complexity index is 1030. The molecule has 172 valence electrons. The molecule has 5 rings (SSSR count). The lowest BCUT2D eigenvalue weighted by atomic mass is 9.98. The van der Waals surface area contributed by atoms with E-state index in [0.29, 0.717) is 18.2 Å². The molecule has 0 N–H and O–H groups in total. The van der Waals surface area contributed by atoms with Crippen molar-refractivity contribution in [2.75, 3.05) is 13.2 Å². The van der Waals surface area contributed by atoms with Crippen molar-refractivity contribution in [2.24, 2.45) is 0 Å². The van der Waals surface area contributed by atoms with Crippen LogP contribution in [0.25, 0.3) is 10.9 Å². The number of nitrogens with zero attached hydrogens (tertiary/aromatic N) is 2. The molecule has 0 radical (unpaired) electrons. The summed E-state index contributed by atoms with van der Waals surface area (Å²) in [7, 11) is 0. The molecule has 0 spiro atoms. The van der Waals surface area contributed by atoms with Gasteiger partial charge >= 0.3 is 5.97 Å². The van der Waals surface area contributed by atoms with Gasteiger partial charge in [0.1, 0.15) is 11.7 Å². The van der Waals surface area contributed by atoms with E-state index in [4.69, 9.17) is 9.47 Å². The van der Waals surface area contributed by atoms with Crippen LogP contribution >= 0.6 is 0 Å². The van der Waals surface area contributed by atoms with Gasteiger partial charge in [-0.3, -0.25) is 9.69 Å². The third-order valence-electron chi connectivity index (χ3n) is 7.48. The Morgan fingerprint density at radius 3 is 2.56 bits per heavy atom. The number of carbonyl (C=O) groups is 1. The minimum absolute atomic E-state index is 0.0405. The van der Waals surface area contributed by atoms with Crippen molar-refractivity contribution in [2.45, 2.75) is 89.1 Å². The van der Waals surface area contributed by atoms with Crippen LogP contribution in [0.5, 0.6) is 0 Å². The van der Waals surface area contributed by atoms with E-state index in [9.17, 15) is 9.59 Å². The lowest BCUT2D eigenvalue weighted by molar-refractivity contribution is -0.0436. The SMILES string of the molecule is CC(C)n1c(=O)c(C(=O)OC2C[C@H]3CC[C@@H](C2)N3CC2CCCCO2)cc2ccccc21. The number of hydrogen-bond donors (Lipinski definition) is 0. The quantitative estimate of drug-likeness (QED) is 0.652. The highest BCUT2D eigenvalue weighted by Crippen LogP contribution is 2.38. The first-order chi connectivity index (χ1) is 15.5. The van der Waals surface area contributed by atoms with Crippen molar-refractivity contribution in [1.29, 1.82) is 0 Å². The summed E-state index contributed by atoms with van der Waals surface area (Å²) in [6.45, 7) is 5.81. The third-order valence-corrected chi connectivity index (χ3v) is 7.48. The van der Waals surface area contributed by atoms with Crippen molar-refractivity contribution >= 4 is 16.9 Å². The van der Waals surface area contributed by atoms with E-state index < -0.39 is 5.97 Å². The van der Waals surface area contributed by atoms with Crippen molar-refractivity contribution < 1.29 is 14.3 Å². The van der Waals surface area contributed by atoms with Crippen LogP contribution in [0, 0.1) is 0 Å². The number of piperidine rings is 1. The molecule has 2 bridgehead atoms. The Kier molecular flexibility index (Phi) is 6.08. The molecular weight excluding hydrogens is 404 g/mol. The van der Waals surface area contributed by atoms with Gasteiger partial charge in [-0.05, 0) is 63.5 Å². The summed E-state index contributed by atoms with van der Waals surface area (Å²) in [5.41, 5.74) is 0.724. The number of benzene rings is 1. The molecule has 3 saturated heterocycles. The van der Waals surface area contributed by atoms with E-state index in [-0.39, 0.29) is 23.3 Å². The number of rotatable bonds is 5. The third kappa shape index (κ3) is 4.11. The largest absolute Gasteiger partial charge is 0.459 e. The molecule has 2 unspecified atom stereocenters. The van der Waals surface area contributed by atoms with Gasteiger partial charge in [0.15, 0.2) is 0 Å². The zero-order valence-electron chi connectivity index (χ0n) is 19.2. The summed E-state index contributed by atoms with van der Waals surface area (Å²) in [5, 5.41) is 0.884. The zero-order chi connectivity index (χ0) is 22.2. The van der Waals surface area contributed by atoms with Gasteiger partial charge in [0.2, 0.25) is 0 Å². The summed E-state index contributed by atoms with van der Waals surface area (Å²) in [6.07, 6.45) is 7.81. The monoisotopic (exact) mass is 438 g/mol. The summed E-state index contributed by atoms with van der Waals surface area (Å²) in [5.74, 6) is -0.483. The van der Waals surface area contributed by atoms with Crippen LogP contribution < -0.4 is 5.56 Å². The fraction of sp³-hybridized carbons (Fsp3) is 0.615. The number of aromatic nitrogens is 1. The summed E-state index contributed by atoms with van der Waals surface area (Å²) < 4.78 is 13.6. The average Bonchev–Trinajstić information content (AvgIpc) is 3.01. The van der Waals surface area contributed by atoms with Gasteiger partial charge in [-0.25, -0.2) is 4.79 Å². The van der Waals surface area contributed by atoms with Gasteiger partial charge in [-0.1, -0.05) is 18.2 Å². The second-order valence-corrected chi connectivity index (χ2v) is 9.95. The molecule has 2 aromatic rings. The molecule has 6 heteroatoms. The van der Waals surface area contributed by atoms with Gasteiger partial charge in [-0.15, -0.1) is 0 Å². The first kappa shape index (κ1) is 21.7. The predicted octanol–water partition coefficient (Wildman–Crippen LogP) is 4.30. The average molecular weight is 439 g/mol. The van der Waals surface area contributed by atoms with Gasteiger partial charge in [0.25, 0.3) is 5.56 Å². The molecule has 1 aromatic carbocycles. The smallest absolute Gasteiger partial charge is 0.344 e. The molecule has 4 heterocycles. The normalized spacial score (nSPS) is 28.3. The predicted molar refractivity (Wildman–Crippen MR) is 124 cm³/mol. The van der Waals surface area contributed by atoms with Crippen LogP contribution in [0.15, 0.2) is 35.1 Å². The maximum absolute atomic E-state index is 13.2. The molecule has 3 aliphatic heterocycles. The van der Waals surface area contributed by atoms with Crippen molar-refractivity contribution in [1.82, 2.24) is 9.47 Å². The number of hydrogen-bond acceptors (Lipinski definition) is 5. The van der Waals surface area contributed by atoms with Crippen LogP contribution in [-0.4, -0.2) is 52.9 Å². The Morgan fingerprint density at radius 1 is 1.12 bits per heavy atom. The van der Waals surface area contributed by atoms with Gasteiger partial charge in [0, 0.05) is 44.1 Å². The zero-order valence-corrected chi connectivity index (χ0v) is 19.2. The van der Waals surface area contributed by atoms with Gasteiger partial charge in [-0.2, -0.15) is 0 Å². The molecule has 6 nitrogen and oxygen atoms in total. The van der Waals surface area contributed by atoms with Crippen molar-refractivity contribution in [3.05, 3.63) is 46.2 Å². The van der Waals surface area contributed by atoms with E-state index in [1.807, 2.05) is 38.1 Å². The molecule has 32 heavy (non-hydrogen) atoms. The molecule has 4 atom stereocenters. The van der Waals surface area contributed by atoms with E-state index in [1.165, 1.54) is 12.8 Å². The maximum Gasteiger partial charge on any atom is 0.344 e. The van der Waals surface area contributed by atoms with E-state index >= 15 is 0 Å². The van der Waals surface area contributed by atoms with Crippen LogP contribution in [0.3, 0.4) is 0 Å². The lowest BCUT2D eigenvalue weighted by Crippen LogP contribution is -2.49. The maximum atomic E-state index is 13.2. The fourth-order valence-electron chi connectivity index (χ4n) is 5.96. The molecule has 1 aromatic heterocycles. The Morgan fingerprint density at radius 2 is 1.88 bits per heavy atom. The Balaban J connectivity index is 1.31. The molecule has 3 aliphatic rings. The molecule has 3 fully saturated rings. The first-order valence-corrected chi connectivity index (χ1v) is 12.2. The minimum atomic E-state index is -0.483. The van der Waals surface area contributed by atoms with Crippen molar-refractivity contribution in [3.8, 4) is 0 Å². The number of ether oxygens (including phenoxy) is 2. The van der Waals surface area contributed by atoms with E-state index in [1.54, 1.807) is 10.6 Å². The standard InChI is InChI=1S/C26H34N2O4/c1-17(2)28-24-9-4-3-7-18(24)13-23(25(28)29)26(30)32-22-14-19-10-11-20(15-22)27(19)16-21-8-5-6-12-31-21/h3-4,7,9,13,17,19-22H,5-6,8,10-12,14-16H2,1-2H3/t19-,20+,21?,22?. The first-order valence-electron chi connectivity index (χ1n) is 12.2.